The van der Waals surface area contributed by atoms with Crippen LogP contribution in [0, 0.1) is 45.4 Å². The molecule has 5 aromatic carbocycles. The van der Waals surface area contributed by atoms with Gasteiger partial charge in [0.2, 0.25) is 0 Å². The van der Waals surface area contributed by atoms with Crippen LogP contribution in [-0.2, 0) is 0 Å². The molecule has 9 heteroatoms. The molecule has 0 aliphatic heterocycles. The molecule has 4 nitrogen and oxygen atoms in total. The van der Waals surface area contributed by atoms with E-state index in [-0.39, 0.29) is 17.2 Å². The molecule has 0 bridgehead atoms. The molecule has 0 saturated carbocycles. The Balaban J connectivity index is 1.75. The van der Waals surface area contributed by atoms with Crippen LogP contribution in [0.25, 0.3) is 0 Å². The van der Waals surface area contributed by atoms with Gasteiger partial charge >= 0.3 is 0 Å². The van der Waals surface area contributed by atoms with Crippen molar-refractivity contribution in [3.05, 3.63) is 126 Å². The average Bonchev–Trinajstić information content (AvgIpc) is 2.96. The predicted molar refractivity (Wildman–Crippen MR) is 185 cm³/mol. The highest BCUT2D eigenvalue weighted by atomic mass is 127. The van der Waals surface area contributed by atoms with Crippen molar-refractivity contribution in [2.24, 2.45) is 0 Å². The number of nitrogens with one attached hydrogen (secondary N) is 4. The molecule has 5 aromatic rings. The van der Waals surface area contributed by atoms with Gasteiger partial charge in [0.25, 0.3) is 0 Å². The van der Waals surface area contributed by atoms with E-state index < -0.39 is 11.6 Å². The maximum Gasteiger partial charge on any atom is 0.174 e. The van der Waals surface area contributed by atoms with Crippen LogP contribution < -0.4 is 21.3 Å². The van der Waals surface area contributed by atoms with E-state index in [1.165, 1.54) is 24.3 Å². The van der Waals surface area contributed by atoms with Crippen molar-refractivity contribution in [3.8, 4) is 0 Å². The minimum atomic E-state index is -0.561. The summed E-state index contributed by atoms with van der Waals surface area (Å²) in [6, 6.07) is 24.0. The second-order valence-electron chi connectivity index (χ2n) is 9.89. The lowest BCUT2D eigenvalue weighted by Gasteiger charge is -2.25. The summed E-state index contributed by atoms with van der Waals surface area (Å²) in [7, 11) is 0. The summed E-state index contributed by atoms with van der Waals surface area (Å²) in [6.07, 6.45) is 0. The van der Waals surface area contributed by atoms with Gasteiger partial charge in [-0.25, -0.2) is 13.2 Å². The van der Waals surface area contributed by atoms with E-state index in [1.54, 1.807) is 19.1 Å². The van der Waals surface area contributed by atoms with E-state index in [2.05, 4.69) is 66.4 Å². The van der Waals surface area contributed by atoms with Crippen LogP contribution in [-0.4, -0.2) is 0 Å². The number of para-hydroxylation sites is 1. The highest BCUT2D eigenvalue weighted by molar-refractivity contribution is 14.1. The summed E-state index contributed by atoms with van der Waals surface area (Å²) >= 11 is 4.35. The average molecular weight is 790 g/mol. The normalized spacial score (nSPS) is 10.9. The Kier molecular flexibility index (Phi) is 9.16. The summed E-state index contributed by atoms with van der Waals surface area (Å²) in [6.45, 7) is 5.62. The standard InChI is InChI=1S/C33H27F3I2N4/c1-18-8-13-23(14-9-18)39-30-28(36)31(41-26-7-5-4-6-24(26)37)33(42-27-17-22(35)11-10-19(27)2)29(38)32(30)40-25-15-12-21(34)16-20(25)3/h4-17,39-42H,1-3H3. The maximum absolute atomic E-state index is 17.0. The Morgan fingerprint density at radius 1 is 0.524 bits per heavy atom. The summed E-state index contributed by atoms with van der Waals surface area (Å²) < 4.78 is 46.8. The second kappa shape index (κ2) is 12.8. The summed E-state index contributed by atoms with van der Waals surface area (Å²) in [4.78, 5) is 0. The molecular formula is C33H27F3I2N4. The van der Waals surface area contributed by atoms with Gasteiger partial charge in [0.1, 0.15) is 23.0 Å². The van der Waals surface area contributed by atoms with Crippen LogP contribution in [0.1, 0.15) is 16.7 Å². The smallest absolute Gasteiger partial charge is 0.174 e. The minimum Gasteiger partial charge on any atom is -0.353 e. The zero-order valence-electron chi connectivity index (χ0n) is 23.0. The van der Waals surface area contributed by atoms with Crippen LogP contribution in [0.2, 0.25) is 0 Å². The molecular weight excluding hydrogens is 763 g/mol. The molecule has 214 valence electrons. The molecule has 0 heterocycles. The highest BCUT2D eigenvalue weighted by Gasteiger charge is 2.26. The molecule has 42 heavy (non-hydrogen) atoms. The lowest BCUT2D eigenvalue weighted by molar-refractivity contribution is 0.626. The quantitative estimate of drug-likeness (QED) is 0.118. The molecule has 0 aliphatic carbocycles. The fourth-order valence-electron chi connectivity index (χ4n) is 4.40. The first-order chi connectivity index (χ1) is 20.1. The molecule has 4 N–H and O–H groups in total. The molecule has 0 aliphatic rings. The zero-order valence-corrected chi connectivity index (χ0v) is 27.3. The first-order valence-electron chi connectivity index (χ1n) is 13.1. The predicted octanol–water partition coefficient (Wildman–Crippen LogP) is 11.2. The van der Waals surface area contributed by atoms with Crippen molar-refractivity contribution in [3.63, 3.8) is 0 Å². The largest absolute Gasteiger partial charge is 0.353 e. The lowest BCUT2D eigenvalue weighted by atomic mass is 10.1. The van der Waals surface area contributed by atoms with Gasteiger partial charge in [-0.15, -0.1) is 0 Å². The Labute approximate surface area is 270 Å². The lowest BCUT2D eigenvalue weighted by Crippen LogP contribution is -2.11. The van der Waals surface area contributed by atoms with Gasteiger partial charge in [0, 0.05) is 20.6 Å². The van der Waals surface area contributed by atoms with Crippen molar-refractivity contribution in [1.29, 1.82) is 0 Å². The Bertz CT molecular complexity index is 1780. The first kappa shape index (κ1) is 30.0. The highest BCUT2D eigenvalue weighted by Crippen LogP contribution is 2.47. The molecule has 0 radical (unpaired) electrons. The number of aryl methyl sites for hydroxylation is 3. The van der Waals surface area contributed by atoms with Crippen LogP contribution in [0.15, 0.2) is 84.9 Å². The number of hydrogen-bond acceptors (Lipinski definition) is 4. The van der Waals surface area contributed by atoms with Crippen molar-refractivity contribution < 1.29 is 13.2 Å². The molecule has 0 unspecified atom stereocenters. The van der Waals surface area contributed by atoms with Crippen molar-refractivity contribution >= 4 is 90.7 Å². The molecule has 0 amide bonds. The van der Waals surface area contributed by atoms with Gasteiger partial charge in [0.05, 0.1) is 20.6 Å². The van der Waals surface area contributed by atoms with E-state index in [0.717, 1.165) is 14.7 Å². The van der Waals surface area contributed by atoms with Gasteiger partial charge in [-0.1, -0.05) is 35.9 Å². The Hall–Kier alpha value is -3.45. The first-order valence-corrected chi connectivity index (χ1v) is 15.2. The van der Waals surface area contributed by atoms with Crippen LogP contribution >= 0.6 is 45.2 Å². The second-order valence-corrected chi connectivity index (χ2v) is 12.1. The summed E-state index contributed by atoms with van der Waals surface area (Å²) in [5, 5.41) is 13.2. The third-order valence-corrected chi connectivity index (χ3v) is 8.76. The van der Waals surface area contributed by atoms with Crippen molar-refractivity contribution in [2.75, 3.05) is 21.3 Å². The van der Waals surface area contributed by atoms with Crippen LogP contribution in [0.3, 0.4) is 0 Å². The van der Waals surface area contributed by atoms with Crippen molar-refractivity contribution in [1.82, 2.24) is 0 Å². The maximum atomic E-state index is 17.0. The zero-order chi connectivity index (χ0) is 30.0. The number of halogens is 5. The minimum absolute atomic E-state index is 0.183. The molecule has 0 fully saturated rings. The number of anilines is 8. The van der Waals surface area contributed by atoms with Gasteiger partial charge in [-0.05, 0) is 132 Å². The van der Waals surface area contributed by atoms with Crippen molar-refractivity contribution in [2.45, 2.75) is 20.8 Å². The third kappa shape index (κ3) is 6.62. The number of rotatable bonds is 8. The molecule has 0 aromatic heterocycles. The fourth-order valence-corrected chi connectivity index (χ4v) is 5.73. The Morgan fingerprint density at radius 3 is 1.81 bits per heavy atom. The SMILES string of the molecule is Cc1ccc(Nc2c(F)c(Nc3ccccc3I)c(Nc3cc(F)ccc3C)c(I)c2Nc2ccc(F)cc2C)cc1. The van der Waals surface area contributed by atoms with Gasteiger partial charge < -0.3 is 21.3 Å². The van der Waals surface area contributed by atoms with E-state index in [9.17, 15) is 8.78 Å². The third-order valence-electron chi connectivity index (χ3n) is 6.74. The number of benzene rings is 5. The van der Waals surface area contributed by atoms with Crippen LogP contribution in [0.4, 0.5) is 58.7 Å². The number of hydrogen-bond donors (Lipinski definition) is 4. The topological polar surface area (TPSA) is 48.1 Å². The molecule has 0 atom stereocenters. The van der Waals surface area contributed by atoms with E-state index in [1.807, 2.05) is 62.4 Å². The molecule has 0 saturated heterocycles. The molecule has 5 rings (SSSR count). The van der Waals surface area contributed by atoms with E-state index in [4.69, 9.17) is 0 Å². The van der Waals surface area contributed by atoms with Crippen LogP contribution in [0.5, 0.6) is 0 Å². The Morgan fingerprint density at radius 2 is 1.12 bits per heavy atom. The summed E-state index contributed by atoms with van der Waals surface area (Å²) in [5.41, 5.74) is 6.27. The fraction of sp³-hybridized carbons (Fsp3) is 0.0909. The van der Waals surface area contributed by atoms with Gasteiger partial charge in [0.15, 0.2) is 5.82 Å². The van der Waals surface area contributed by atoms with E-state index >= 15 is 4.39 Å². The monoisotopic (exact) mass is 790 g/mol. The van der Waals surface area contributed by atoms with E-state index in [0.29, 0.717) is 43.3 Å². The van der Waals surface area contributed by atoms with Gasteiger partial charge in [-0.2, -0.15) is 0 Å². The summed E-state index contributed by atoms with van der Waals surface area (Å²) in [5.74, 6) is -1.34. The molecule has 0 spiro atoms. The van der Waals surface area contributed by atoms with Gasteiger partial charge in [-0.3, -0.25) is 0 Å².